The lowest BCUT2D eigenvalue weighted by molar-refractivity contribution is -0.153. The lowest BCUT2D eigenvalue weighted by atomic mass is 9.43. The molecule has 1 N–H and O–H groups in total. The van der Waals surface area contributed by atoms with Crippen LogP contribution in [0.2, 0.25) is 0 Å². The first-order valence-electron chi connectivity index (χ1n) is 13.0. The third-order valence-corrected chi connectivity index (χ3v) is 11.1. The number of carbonyl (C=O) groups excluding carboxylic acids is 3. The fourth-order valence-corrected chi connectivity index (χ4v) is 8.96. The first kappa shape index (κ1) is 25.4. The Balaban J connectivity index is 1.60. The molecule has 2 heterocycles. The molecule has 5 rings (SSSR count). The summed E-state index contributed by atoms with van der Waals surface area (Å²) in [6.07, 6.45) is 4.64. The molecule has 36 heavy (non-hydrogen) atoms. The van der Waals surface area contributed by atoms with Gasteiger partial charge in [0.25, 0.3) is 0 Å². The monoisotopic (exact) mass is 498 g/mol. The van der Waals surface area contributed by atoms with Crippen LogP contribution < -0.4 is 0 Å². The number of esters is 2. The maximum atomic E-state index is 13.0. The smallest absolute Gasteiger partial charge is 0.333 e. The second kappa shape index (κ2) is 7.64. The van der Waals surface area contributed by atoms with Gasteiger partial charge in [0.15, 0.2) is 5.78 Å². The Morgan fingerprint density at radius 2 is 1.89 bits per heavy atom. The van der Waals surface area contributed by atoms with E-state index in [4.69, 9.17) is 14.2 Å². The zero-order chi connectivity index (χ0) is 26.6. The third-order valence-electron chi connectivity index (χ3n) is 11.1. The summed E-state index contributed by atoms with van der Waals surface area (Å²) in [4.78, 5) is 37.5. The minimum absolute atomic E-state index is 0.00677. The zero-order valence-electron chi connectivity index (χ0n) is 22.3. The molecule has 0 radical (unpaired) electrons. The van der Waals surface area contributed by atoms with Gasteiger partial charge in [-0.3, -0.25) is 9.59 Å². The van der Waals surface area contributed by atoms with E-state index in [1.54, 1.807) is 6.08 Å². The molecule has 3 aliphatic carbocycles. The highest BCUT2D eigenvalue weighted by Crippen LogP contribution is 2.77. The highest BCUT2D eigenvalue weighted by atomic mass is 16.6. The quantitative estimate of drug-likeness (QED) is 0.358. The summed E-state index contributed by atoms with van der Waals surface area (Å²) < 4.78 is 16.6. The van der Waals surface area contributed by atoms with Gasteiger partial charge in [0, 0.05) is 22.5 Å². The molecule has 1 spiro atoms. The predicted octanol–water partition coefficient (Wildman–Crippen LogP) is 3.76. The molecule has 4 unspecified atom stereocenters. The normalized spacial score (nSPS) is 48.7. The Morgan fingerprint density at radius 1 is 1.22 bits per heavy atom. The van der Waals surface area contributed by atoms with E-state index in [-0.39, 0.29) is 53.9 Å². The van der Waals surface area contributed by atoms with Gasteiger partial charge < -0.3 is 19.3 Å². The average Bonchev–Trinajstić information content (AvgIpc) is 3.36. The SMILES string of the molecule is C=C1C([C@@]2(C)C=CC(=O)C(C)(C)[C@@H]2CC(=O)OC)[C@H](C)[C@H](C)[C@@]2(C)[C@H](C3=CC(=O)OC3O)CC3OC132. The van der Waals surface area contributed by atoms with Crippen molar-refractivity contribution in [2.24, 2.45) is 45.8 Å². The predicted molar refractivity (Wildman–Crippen MR) is 131 cm³/mol. The van der Waals surface area contributed by atoms with Crippen LogP contribution in [0.25, 0.3) is 0 Å². The topological polar surface area (TPSA) is 102 Å². The number of hydrogen-bond donors (Lipinski definition) is 1. The number of carbonyl (C=O) groups is 3. The Kier molecular flexibility index (Phi) is 5.39. The second-order valence-electron chi connectivity index (χ2n) is 12.6. The van der Waals surface area contributed by atoms with Crippen LogP contribution in [0.3, 0.4) is 0 Å². The van der Waals surface area contributed by atoms with Crippen molar-refractivity contribution >= 4 is 17.7 Å². The number of ether oxygens (including phenoxy) is 3. The number of allylic oxidation sites excluding steroid dienone is 2. The first-order valence-corrected chi connectivity index (χ1v) is 13.0. The fraction of sp³-hybridized carbons (Fsp3) is 0.690. The number of methoxy groups -OCH3 is 1. The van der Waals surface area contributed by atoms with E-state index < -0.39 is 34.1 Å². The highest BCUT2D eigenvalue weighted by Gasteiger charge is 2.81. The molecule has 5 aliphatic rings. The number of aliphatic hydroxyl groups excluding tert-OH is 1. The van der Waals surface area contributed by atoms with E-state index in [1.807, 2.05) is 19.9 Å². The Labute approximate surface area is 212 Å². The Bertz CT molecular complexity index is 1120. The van der Waals surface area contributed by atoms with E-state index >= 15 is 0 Å². The standard InChI is InChI=1S/C29H38O7/c1-14-15(2)28(7)18(17-11-23(32)35-25(17)33)12-21-29(28,36-21)16(3)24(14)27(6)10-9-20(30)26(4,5)19(27)13-22(31)34-8/h9-11,14-15,18-19,21,24-25,33H,3,12-13H2,1-2,4-8H3/t14-,15+,18+,19+,21?,24?,25?,27+,28+,29?/m1/s1. The first-order chi connectivity index (χ1) is 16.7. The minimum atomic E-state index is -1.22. The number of epoxide rings is 1. The Morgan fingerprint density at radius 3 is 2.47 bits per heavy atom. The minimum Gasteiger partial charge on any atom is -0.469 e. The van der Waals surface area contributed by atoms with Crippen molar-refractivity contribution in [1.82, 2.24) is 0 Å². The van der Waals surface area contributed by atoms with Gasteiger partial charge in [-0.2, -0.15) is 0 Å². The van der Waals surface area contributed by atoms with Crippen LogP contribution in [0.15, 0.2) is 36.0 Å². The van der Waals surface area contributed by atoms with Gasteiger partial charge in [0.1, 0.15) is 5.60 Å². The summed E-state index contributed by atoms with van der Waals surface area (Å²) in [6.45, 7) is 17.3. The molecule has 1 saturated heterocycles. The molecule has 0 amide bonds. The van der Waals surface area contributed by atoms with Gasteiger partial charge in [-0.05, 0) is 53.1 Å². The van der Waals surface area contributed by atoms with Crippen molar-refractivity contribution in [3.63, 3.8) is 0 Å². The van der Waals surface area contributed by atoms with E-state index in [0.29, 0.717) is 12.0 Å². The molecule has 3 fully saturated rings. The van der Waals surface area contributed by atoms with Crippen LogP contribution in [0.4, 0.5) is 0 Å². The molecular formula is C29H38O7. The molecule has 0 aromatic heterocycles. The van der Waals surface area contributed by atoms with E-state index in [2.05, 4.69) is 34.3 Å². The fourth-order valence-electron chi connectivity index (χ4n) is 8.96. The van der Waals surface area contributed by atoms with Crippen LogP contribution >= 0.6 is 0 Å². The number of aliphatic hydroxyl groups is 1. The molecule has 0 aromatic carbocycles. The molecule has 7 heteroatoms. The lowest BCUT2D eigenvalue weighted by Crippen LogP contribution is -2.60. The Hall–Kier alpha value is -2.25. The van der Waals surface area contributed by atoms with E-state index in [1.165, 1.54) is 13.2 Å². The number of rotatable bonds is 4. The van der Waals surface area contributed by atoms with Crippen LogP contribution in [-0.2, 0) is 28.6 Å². The molecule has 0 bridgehead atoms. The van der Waals surface area contributed by atoms with Gasteiger partial charge in [0.2, 0.25) is 6.29 Å². The summed E-state index contributed by atoms with van der Waals surface area (Å²) in [5.41, 5.74) is -0.677. The van der Waals surface area contributed by atoms with E-state index in [0.717, 1.165) is 5.57 Å². The van der Waals surface area contributed by atoms with E-state index in [9.17, 15) is 19.5 Å². The number of ketones is 1. The third kappa shape index (κ3) is 2.90. The van der Waals surface area contributed by atoms with Crippen LogP contribution in [0.5, 0.6) is 0 Å². The average molecular weight is 499 g/mol. The zero-order valence-corrected chi connectivity index (χ0v) is 22.3. The maximum absolute atomic E-state index is 13.0. The van der Waals surface area contributed by atoms with Crippen molar-refractivity contribution in [2.45, 2.75) is 72.4 Å². The van der Waals surface area contributed by atoms with Crippen molar-refractivity contribution < 1.29 is 33.7 Å². The molecule has 10 atom stereocenters. The van der Waals surface area contributed by atoms with Crippen LogP contribution in [-0.4, -0.2) is 47.9 Å². The molecular weight excluding hydrogens is 460 g/mol. The molecule has 2 saturated carbocycles. The lowest BCUT2D eigenvalue weighted by Gasteiger charge is -2.60. The van der Waals surface area contributed by atoms with Gasteiger partial charge in [-0.25, -0.2) is 4.79 Å². The van der Waals surface area contributed by atoms with Gasteiger partial charge in [-0.1, -0.05) is 54.2 Å². The molecule has 2 aliphatic heterocycles. The summed E-state index contributed by atoms with van der Waals surface area (Å²) >= 11 is 0. The van der Waals surface area contributed by atoms with Crippen LogP contribution in [0.1, 0.15) is 54.4 Å². The second-order valence-corrected chi connectivity index (χ2v) is 12.6. The summed E-state index contributed by atoms with van der Waals surface area (Å²) in [6, 6.07) is 0. The van der Waals surface area contributed by atoms with Crippen molar-refractivity contribution in [2.75, 3.05) is 7.11 Å². The van der Waals surface area contributed by atoms with Gasteiger partial charge in [-0.15, -0.1) is 0 Å². The summed E-state index contributed by atoms with van der Waals surface area (Å²) in [7, 11) is 1.38. The van der Waals surface area contributed by atoms with Gasteiger partial charge in [0.05, 0.1) is 19.6 Å². The van der Waals surface area contributed by atoms with Crippen molar-refractivity contribution in [1.29, 1.82) is 0 Å². The van der Waals surface area contributed by atoms with Crippen LogP contribution in [0, 0.1) is 45.8 Å². The number of cyclic esters (lactones) is 1. The molecule has 0 aromatic rings. The van der Waals surface area contributed by atoms with Gasteiger partial charge >= 0.3 is 11.9 Å². The largest absolute Gasteiger partial charge is 0.469 e. The summed E-state index contributed by atoms with van der Waals surface area (Å²) in [5, 5.41) is 10.5. The maximum Gasteiger partial charge on any atom is 0.333 e. The van der Waals surface area contributed by atoms with Crippen molar-refractivity contribution in [3.8, 4) is 0 Å². The molecule has 7 nitrogen and oxygen atoms in total. The molecule has 196 valence electrons. The number of hydrogen-bond acceptors (Lipinski definition) is 7. The summed E-state index contributed by atoms with van der Waals surface area (Å²) in [5.74, 6) is -1.01. The highest BCUT2D eigenvalue weighted by molar-refractivity contribution is 5.96. The van der Waals surface area contributed by atoms with Crippen molar-refractivity contribution in [3.05, 3.63) is 36.0 Å².